The van der Waals surface area contributed by atoms with Crippen LogP contribution in [-0.4, -0.2) is 16.0 Å². The molecule has 0 spiro atoms. The largest absolute Gasteiger partial charge is 0.476 e. The number of carboxylic acids is 1. The minimum absolute atomic E-state index is 0.0348. The summed E-state index contributed by atoms with van der Waals surface area (Å²) < 4.78 is 26.8. The number of nitrogens with one attached hydrogen (secondary N) is 1. The maximum absolute atomic E-state index is 13.6. The number of nitrogens with zero attached hydrogens (tertiary/aromatic N) is 1. The third kappa shape index (κ3) is 3.66. The Labute approximate surface area is 132 Å². The van der Waals surface area contributed by atoms with Crippen molar-refractivity contribution in [2.45, 2.75) is 13.5 Å². The summed E-state index contributed by atoms with van der Waals surface area (Å²) in [5, 5.41) is 12.3. The fourth-order valence-corrected chi connectivity index (χ4v) is 2.16. The van der Waals surface area contributed by atoms with E-state index in [-0.39, 0.29) is 23.5 Å². The van der Waals surface area contributed by atoms with Gasteiger partial charge in [-0.05, 0) is 37.3 Å². The summed E-state index contributed by atoms with van der Waals surface area (Å²) in [6, 6.07) is 3.13. The van der Waals surface area contributed by atoms with Crippen LogP contribution >= 0.6 is 0 Å². The molecule has 6 heteroatoms. The third-order valence-electron chi connectivity index (χ3n) is 3.23. The van der Waals surface area contributed by atoms with Crippen LogP contribution in [-0.2, 0) is 11.3 Å². The van der Waals surface area contributed by atoms with Gasteiger partial charge in [0.1, 0.15) is 11.6 Å². The standard InChI is InChI=1S/C17H16F2N2O2/c1-3-8-21-11(2)4-7-15(16(21)17(22)23)20-10-12-9-13(18)5-6-14(12)19/h3-9,20H,2,10H2,1H3,(H,22,23)/b8-3-. The molecular formula is C17H16F2N2O2. The topological polar surface area (TPSA) is 52.6 Å². The molecule has 1 aliphatic rings. The van der Waals surface area contributed by atoms with Gasteiger partial charge in [-0.2, -0.15) is 0 Å². The fourth-order valence-electron chi connectivity index (χ4n) is 2.16. The summed E-state index contributed by atoms with van der Waals surface area (Å²) in [5.74, 6) is -2.28. The molecule has 0 radical (unpaired) electrons. The highest BCUT2D eigenvalue weighted by Gasteiger charge is 2.23. The molecule has 1 aliphatic heterocycles. The second-order valence-corrected chi connectivity index (χ2v) is 4.83. The van der Waals surface area contributed by atoms with Gasteiger partial charge in [-0.1, -0.05) is 12.7 Å². The zero-order valence-corrected chi connectivity index (χ0v) is 12.5. The van der Waals surface area contributed by atoms with Gasteiger partial charge in [0.05, 0.1) is 5.70 Å². The summed E-state index contributed by atoms with van der Waals surface area (Å²) in [6.07, 6.45) is 6.43. The van der Waals surface area contributed by atoms with Gasteiger partial charge in [-0.3, -0.25) is 0 Å². The van der Waals surface area contributed by atoms with Crippen LogP contribution in [0.4, 0.5) is 8.78 Å². The number of hydrogen-bond donors (Lipinski definition) is 2. The lowest BCUT2D eigenvalue weighted by molar-refractivity contribution is -0.134. The van der Waals surface area contributed by atoms with Gasteiger partial charge in [0.15, 0.2) is 5.70 Å². The molecule has 1 heterocycles. The minimum Gasteiger partial charge on any atom is -0.476 e. The van der Waals surface area contributed by atoms with Gasteiger partial charge < -0.3 is 15.3 Å². The van der Waals surface area contributed by atoms with Crippen LogP contribution in [0.3, 0.4) is 0 Å². The molecule has 0 aliphatic carbocycles. The molecule has 0 atom stereocenters. The van der Waals surface area contributed by atoms with Crippen molar-refractivity contribution in [1.29, 1.82) is 0 Å². The van der Waals surface area contributed by atoms with E-state index in [4.69, 9.17) is 0 Å². The SMILES string of the molecule is C=C1C=CC(NCc2cc(F)ccc2F)=C(C(=O)O)N1/C=C\C. The second-order valence-electron chi connectivity index (χ2n) is 4.83. The van der Waals surface area contributed by atoms with Crippen molar-refractivity contribution < 1.29 is 18.7 Å². The van der Waals surface area contributed by atoms with E-state index in [1.165, 1.54) is 4.90 Å². The predicted molar refractivity (Wildman–Crippen MR) is 82.8 cm³/mol. The lowest BCUT2D eigenvalue weighted by Gasteiger charge is -2.27. The molecule has 0 amide bonds. The van der Waals surface area contributed by atoms with Crippen LogP contribution in [0.1, 0.15) is 12.5 Å². The van der Waals surface area contributed by atoms with Crippen molar-refractivity contribution in [3.05, 3.63) is 83.5 Å². The average Bonchev–Trinajstić information content (AvgIpc) is 2.50. The van der Waals surface area contributed by atoms with Gasteiger partial charge >= 0.3 is 5.97 Å². The van der Waals surface area contributed by atoms with Gasteiger partial charge in [0.25, 0.3) is 0 Å². The Morgan fingerprint density at radius 2 is 2.13 bits per heavy atom. The molecule has 120 valence electrons. The fraction of sp³-hybridized carbons (Fsp3) is 0.118. The number of benzene rings is 1. The average molecular weight is 318 g/mol. The highest BCUT2D eigenvalue weighted by atomic mass is 19.1. The first-order valence-corrected chi connectivity index (χ1v) is 6.88. The quantitative estimate of drug-likeness (QED) is 0.875. The number of rotatable bonds is 5. The zero-order valence-electron chi connectivity index (χ0n) is 12.5. The van der Waals surface area contributed by atoms with Crippen molar-refractivity contribution in [1.82, 2.24) is 10.2 Å². The van der Waals surface area contributed by atoms with Crippen LogP contribution in [0.2, 0.25) is 0 Å². The second kappa shape index (κ2) is 6.91. The van der Waals surface area contributed by atoms with E-state index in [0.717, 1.165) is 18.2 Å². The molecule has 2 rings (SSSR count). The Kier molecular flexibility index (Phi) is 4.95. The normalized spacial score (nSPS) is 14.7. The van der Waals surface area contributed by atoms with Crippen LogP contribution in [0.25, 0.3) is 0 Å². The Hall–Kier alpha value is -2.89. The number of allylic oxidation sites excluding steroid dienone is 3. The molecule has 0 bridgehead atoms. The summed E-state index contributed by atoms with van der Waals surface area (Å²) in [7, 11) is 0. The monoisotopic (exact) mass is 318 g/mol. The minimum atomic E-state index is -1.16. The lowest BCUT2D eigenvalue weighted by atomic mass is 10.1. The smallest absolute Gasteiger partial charge is 0.355 e. The van der Waals surface area contributed by atoms with Crippen molar-refractivity contribution in [3.63, 3.8) is 0 Å². The maximum atomic E-state index is 13.6. The van der Waals surface area contributed by atoms with E-state index in [1.807, 2.05) is 0 Å². The molecule has 23 heavy (non-hydrogen) atoms. The number of halogens is 2. The molecule has 1 aromatic carbocycles. The van der Waals surface area contributed by atoms with E-state index in [0.29, 0.717) is 5.70 Å². The first-order valence-electron chi connectivity index (χ1n) is 6.88. The Balaban J connectivity index is 2.31. The Morgan fingerprint density at radius 1 is 1.39 bits per heavy atom. The van der Waals surface area contributed by atoms with Crippen molar-refractivity contribution in [2.75, 3.05) is 0 Å². The maximum Gasteiger partial charge on any atom is 0.355 e. The number of hydrogen-bond acceptors (Lipinski definition) is 3. The number of carboxylic acid groups (broad SMARTS) is 1. The highest BCUT2D eigenvalue weighted by Crippen LogP contribution is 2.23. The number of carbonyl (C=O) groups is 1. The third-order valence-corrected chi connectivity index (χ3v) is 3.23. The molecule has 1 aromatic rings. The Morgan fingerprint density at radius 3 is 2.78 bits per heavy atom. The predicted octanol–water partition coefficient (Wildman–Crippen LogP) is 3.27. The molecule has 0 fully saturated rings. The molecular weight excluding hydrogens is 302 g/mol. The number of aliphatic carboxylic acids is 1. The zero-order chi connectivity index (χ0) is 17.0. The Bertz CT molecular complexity index is 736. The van der Waals surface area contributed by atoms with Crippen LogP contribution in [0.5, 0.6) is 0 Å². The van der Waals surface area contributed by atoms with E-state index in [2.05, 4.69) is 11.9 Å². The van der Waals surface area contributed by atoms with Gasteiger partial charge in [-0.25, -0.2) is 13.6 Å². The van der Waals surface area contributed by atoms with E-state index in [1.54, 1.807) is 31.4 Å². The van der Waals surface area contributed by atoms with E-state index < -0.39 is 17.6 Å². The molecule has 2 N–H and O–H groups in total. The molecule has 0 unspecified atom stereocenters. The summed E-state index contributed by atoms with van der Waals surface area (Å²) in [6.45, 7) is 5.48. The van der Waals surface area contributed by atoms with Crippen molar-refractivity contribution >= 4 is 5.97 Å². The van der Waals surface area contributed by atoms with Crippen molar-refractivity contribution in [2.24, 2.45) is 0 Å². The van der Waals surface area contributed by atoms with E-state index in [9.17, 15) is 18.7 Å². The molecule has 0 saturated carbocycles. The summed E-state index contributed by atoms with van der Waals surface area (Å²) in [5.41, 5.74) is 0.847. The van der Waals surface area contributed by atoms with Gasteiger partial charge in [0.2, 0.25) is 0 Å². The summed E-state index contributed by atoms with van der Waals surface area (Å²) in [4.78, 5) is 13.0. The molecule has 0 saturated heterocycles. The van der Waals surface area contributed by atoms with E-state index >= 15 is 0 Å². The summed E-state index contributed by atoms with van der Waals surface area (Å²) >= 11 is 0. The van der Waals surface area contributed by atoms with Gasteiger partial charge in [0, 0.05) is 24.0 Å². The van der Waals surface area contributed by atoms with Gasteiger partial charge in [-0.15, -0.1) is 0 Å². The molecule has 4 nitrogen and oxygen atoms in total. The molecule has 0 aromatic heterocycles. The highest BCUT2D eigenvalue weighted by molar-refractivity contribution is 5.88. The van der Waals surface area contributed by atoms with Crippen LogP contribution in [0, 0.1) is 11.6 Å². The van der Waals surface area contributed by atoms with Crippen LogP contribution in [0.15, 0.2) is 66.3 Å². The van der Waals surface area contributed by atoms with Crippen LogP contribution < -0.4 is 5.32 Å². The first kappa shape index (κ1) is 16.5. The van der Waals surface area contributed by atoms with Crippen molar-refractivity contribution in [3.8, 4) is 0 Å². The first-order chi connectivity index (χ1) is 10.9. The lowest BCUT2D eigenvalue weighted by Crippen LogP contribution is -2.29.